The molecule has 0 heterocycles. The summed E-state index contributed by atoms with van der Waals surface area (Å²) in [6.45, 7) is 3.67. The summed E-state index contributed by atoms with van der Waals surface area (Å²) in [5.74, 6) is -0.312. The molecule has 4 heteroatoms. The zero-order valence-corrected chi connectivity index (χ0v) is 10.3. The van der Waals surface area contributed by atoms with Crippen molar-refractivity contribution in [3.63, 3.8) is 0 Å². The first-order chi connectivity index (χ1) is 7.54. The summed E-state index contributed by atoms with van der Waals surface area (Å²) in [5.41, 5.74) is 0.580. The van der Waals surface area contributed by atoms with Gasteiger partial charge in [0.2, 0.25) is 0 Å². The Balaban J connectivity index is 2.75. The van der Waals surface area contributed by atoms with Crippen LogP contribution in [0.3, 0.4) is 0 Å². The lowest BCUT2D eigenvalue weighted by atomic mass is 10.1. The topological polar surface area (TPSA) is 40.5 Å². The van der Waals surface area contributed by atoms with Crippen LogP contribution in [0.25, 0.3) is 0 Å². The third-order valence-corrected chi connectivity index (χ3v) is 3.53. The molecule has 0 radical (unpaired) electrons. The van der Waals surface area contributed by atoms with Crippen molar-refractivity contribution in [3.8, 4) is 0 Å². The second-order valence-corrected chi connectivity index (χ2v) is 5.29. The standard InChI is InChI=1S/C12H17FO2S/c1-8(5-6-14)16-12-4-3-10(9(2)15)7-11(12)13/h3-4,7-9,14-15H,5-6H2,1-2H3/t8?,9-/m0/s1. The van der Waals surface area contributed by atoms with Crippen molar-refractivity contribution >= 4 is 11.8 Å². The van der Waals surface area contributed by atoms with E-state index in [0.29, 0.717) is 16.9 Å². The molecule has 0 aliphatic carbocycles. The minimum absolute atomic E-state index is 0.113. The lowest BCUT2D eigenvalue weighted by Crippen LogP contribution is -2.00. The van der Waals surface area contributed by atoms with E-state index >= 15 is 0 Å². The van der Waals surface area contributed by atoms with Gasteiger partial charge in [0.15, 0.2) is 0 Å². The number of halogens is 1. The minimum atomic E-state index is -0.650. The SMILES string of the molecule is CC(CCO)Sc1ccc([C@H](C)O)cc1F. The summed E-state index contributed by atoms with van der Waals surface area (Å²) in [7, 11) is 0. The molecule has 2 nitrogen and oxygen atoms in total. The van der Waals surface area contributed by atoms with Crippen molar-refractivity contribution in [2.75, 3.05) is 6.61 Å². The Morgan fingerprint density at radius 2 is 2.06 bits per heavy atom. The van der Waals surface area contributed by atoms with Crippen LogP contribution in [-0.2, 0) is 0 Å². The molecule has 2 atom stereocenters. The van der Waals surface area contributed by atoms with Gasteiger partial charge in [0, 0.05) is 16.8 Å². The van der Waals surface area contributed by atoms with Gasteiger partial charge in [-0.25, -0.2) is 4.39 Å². The van der Waals surface area contributed by atoms with Gasteiger partial charge in [0.05, 0.1) is 6.10 Å². The monoisotopic (exact) mass is 244 g/mol. The average Bonchev–Trinajstić information content (AvgIpc) is 2.21. The largest absolute Gasteiger partial charge is 0.396 e. The van der Waals surface area contributed by atoms with Crippen LogP contribution >= 0.6 is 11.8 Å². The molecular formula is C12H17FO2S. The smallest absolute Gasteiger partial charge is 0.137 e. The Morgan fingerprint density at radius 1 is 1.38 bits per heavy atom. The third-order valence-electron chi connectivity index (χ3n) is 2.30. The molecule has 0 amide bonds. The van der Waals surface area contributed by atoms with Gasteiger partial charge in [-0.2, -0.15) is 0 Å². The molecule has 0 aromatic heterocycles. The lowest BCUT2D eigenvalue weighted by molar-refractivity contribution is 0.198. The van der Waals surface area contributed by atoms with Gasteiger partial charge in [-0.1, -0.05) is 13.0 Å². The maximum absolute atomic E-state index is 13.6. The molecule has 0 aliphatic heterocycles. The van der Waals surface area contributed by atoms with Crippen molar-refractivity contribution in [3.05, 3.63) is 29.6 Å². The van der Waals surface area contributed by atoms with Crippen molar-refractivity contribution < 1.29 is 14.6 Å². The molecule has 1 rings (SSSR count). The van der Waals surface area contributed by atoms with E-state index in [1.807, 2.05) is 6.92 Å². The van der Waals surface area contributed by atoms with E-state index in [2.05, 4.69) is 0 Å². The highest BCUT2D eigenvalue weighted by molar-refractivity contribution is 7.99. The Hall–Kier alpha value is -0.580. The number of benzene rings is 1. The summed E-state index contributed by atoms with van der Waals surface area (Å²) in [6.07, 6.45) is -0.00848. The Morgan fingerprint density at radius 3 is 2.56 bits per heavy atom. The predicted octanol–water partition coefficient (Wildman–Crippen LogP) is 2.74. The number of aliphatic hydroxyl groups is 2. The van der Waals surface area contributed by atoms with E-state index in [4.69, 9.17) is 5.11 Å². The van der Waals surface area contributed by atoms with Crippen LogP contribution in [0.5, 0.6) is 0 Å². The molecule has 0 spiro atoms. The molecule has 0 aliphatic rings. The highest BCUT2D eigenvalue weighted by Crippen LogP contribution is 2.29. The minimum Gasteiger partial charge on any atom is -0.396 e. The van der Waals surface area contributed by atoms with E-state index in [0.717, 1.165) is 0 Å². The third kappa shape index (κ3) is 3.77. The Kier molecular flexibility index (Phi) is 5.25. The van der Waals surface area contributed by atoms with Crippen LogP contribution in [0.4, 0.5) is 4.39 Å². The molecule has 2 N–H and O–H groups in total. The van der Waals surface area contributed by atoms with Crippen LogP contribution in [0, 0.1) is 5.82 Å². The van der Waals surface area contributed by atoms with Gasteiger partial charge in [-0.15, -0.1) is 11.8 Å². The first-order valence-corrected chi connectivity index (χ1v) is 6.17. The molecule has 0 saturated heterocycles. The van der Waals surface area contributed by atoms with E-state index < -0.39 is 6.10 Å². The van der Waals surface area contributed by atoms with Crippen LogP contribution in [0.2, 0.25) is 0 Å². The van der Waals surface area contributed by atoms with Crippen LogP contribution in [-0.4, -0.2) is 22.1 Å². The highest BCUT2D eigenvalue weighted by Gasteiger charge is 2.10. The summed E-state index contributed by atoms with van der Waals surface area (Å²) < 4.78 is 13.6. The summed E-state index contributed by atoms with van der Waals surface area (Å²) >= 11 is 1.40. The van der Waals surface area contributed by atoms with Crippen LogP contribution in [0.15, 0.2) is 23.1 Å². The van der Waals surface area contributed by atoms with Gasteiger partial charge in [0.1, 0.15) is 5.82 Å². The fourth-order valence-corrected chi connectivity index (χ4v) is 2.30. The maximum Gasteiger partial charge on any atom is 0.137 e. The number of hydrogen-bond acceptors (Lipinski definition) is 3. The Bertz CT molecular complexity index is 342. The first kappa shape index (κ1) is 13.5. The number of hydrogen-bond donors (Lipinski definition) is 2. The molecule has 0 bridgehead atoms. The van der Waals surface area contributed by atoms with E-state index in [-0.39, 0.29) is 17.7 Å². The molecule has 1 unspecified atom stereocenters. The van der Waals surface area contributed by atoms with E-state index in [9.17, 15) is 9.50 Å². The molecular weight excluding hydrogens is 227 g/mol. The molecule has 90 valence electrons. The molecule has 0 saturated carbocycles. The second kappa shape index (κ2) is 6.23. The van der Waals surface area contributed by atoms with Gasteiger partial charge in [-0.05, 0) is 31.0 Å². The second-order valence-electron chi connectivity index (χ2n) is 3.81. The fraction of sp³-hybridized carbons (Fsp3) is 0.500. The Labute approximate surface area is 99.5 Å². The van der Waals surface area contributed by atoms with Crippen molar-refractivity contribution in [1.29, 1.82) is 0 Å². The van der Waals surface area contributed by atoms with Crippen LogP contribution in [0.1, 0.15) is 31.9 Å². The van der Waals surface area contributed by atoms with Crippen molar-refractivity contribution in [2.24, 2.45) is 0 Å². The number of aliphatic hydroxyl groups excluding tert-OH is 2. The van der Waals surface area contributed by atoms with Gasteiger partial charge < -0.3 is 10.2 Å². The average molecular weight is 244 g/mol. The summed E-state index contributed by atoms with van der Waals surface area (Å²) in [4.78, 5) is 0.561. The predicted molar refractivity (Wildman–Crippen MR) is 64.1 cm³/mol. The van der Waals surface area contributed by atoms with Gasteiger partial charge >= 0.3 is 0 Å². The summed E-state index contributed by atoms with van der Waals surface area (Å²) in [5, 5.41) is 18.2. The van der Waals surface area contributed by atoms with Gasteiger partial charge in [-0.3, -0.25) is 0 Å². The lowest BCUT2D eigenvalue weighted by Gasteiger charge is -2.11. The van der Waals surface area contributed by atoms with E-state index in [1.54, 1.807) is 19.1 Å². The highest BCUT2D eigenvalue weighted by atomic mass is 32.2. The quantitative estimate of drug-likeness (QED) is 0.782. The fourth-order valence-electron chi connectivity index (χ4n) is 1.33. The molecule has 1 aromatic carbocycles. The zero-order valence-electron chi connectivity index (χ0n) is 9.48. The summed E-state index contributed by atoms with van der Waals surface area (Å²) in [6, 6.07) is 4.76. The number of rotatable bonds is 5. The molecule has 0 fully saturated rings. The zero-order chi connectivity index (χ0) is 12.1. The molecule has 1 aromatic rings. The normalized spacial score (nSPS) is 14.8. The van der Waals surface area contributed by atoms with Gasteiger partial charge in [0.25, 0.3) is 0 Å². The van der Waals surface area contributed by atoms with Crippen molar-refractivity contribution in [2.45, 2.75) is 36.5 Å². The van der Waals surface area contributed by atoms with Crippen LogP contribution < -0.4 is 0 Å². The molecule has 16 heavy (non-hydrogen) atoms. The number of thioether (sulfide) groups is 1. The van der Waals surface area contributed by atoms with Crippen molar-refractivity contribution in [1.82, 2.24) is 0 Å². The maximum atomic E-state index is 13.6. The first-order valence-electron chi connectivity index (χ1n) is 5.29. The van der Waals surface area contributed by atoms with E-state index in [1.165, 1.54) is 17.8 Å².